The minimum Gasteiger partial charge on any atom is -0.352 e. The number of hydrogen-bond acceptors (Lipinski definition) is 4. The standard InChI is InChI=1S/C9H18N2O3S/c1-9(2,10)8(12)11-7-3-5-15(13,14)6-4-7/h7H,3-6,10H2,1-2H3,(H,11,12). The molecule has 0 unspecified atom stereocenters. The lowest BCUT2D eigenvalue weighted by atomic mass is 10.0. The molecule has 0 spiro atoms. The molecule has 1 aliphatic heterocycles. The van der Waals surface area contributed by atoms with Gasteiger partial charge in [0.25, 0.3) is 0 Å². The highest BCUT2D eigenvalue weighted by molar-refractivity contribution is 7.91. The highest BCUT2D eigenvalue weighted by Crippen LogP contribution is 2.12. The first kappa shape index (κ1) is 12.4. The van der Waals surface area contributed by atoms with E-state index in [4.69, 9.17) is 5.73 Å². The molecule has 15 heavy (non-hydrogen) atoms. The number of sulfone groups is 1. The van der Waals surface area contributed by atoms with Gasteiger partial charge in [-0.3, -0.25) is 4.79 Å². The number of carbonyl (C=O) groups is 1. The van der Waals surface area contributed by atoms with Crippen LogP contribution in [0.5, 0.6) is 0 Å². The average Bonchev–Trinajstić information content (AvgIpc) is 2.07. The summed E-state index contributed by atoms with van der Waals surface area (Å²) in [5.41, 5.74) is 4.71. The second-order valence-corrected chi connectivity index (χ2v) is 6.92. The first-order valence-corrected chi connectivity index (χ1v) is 6.83. The SMILES string of the molecule is CC(C)(N)C(=O)NC1CCS(=O)(=O)CC1. The monoisotopic (exact) mass is 234 g/mol. The van der Waals surface area contributed by atoms with Gasteiger partial charge in [0.05, 0.1) is 17.0 Å². The van der Waals surface area contributed by atoms with Gasteiger partial charge in [-0.25, -0.2) is 8.42 Å². The molecule has 0 radical (unpaired) electrons. The van der Waals surface area contributed by atoms with Crippen molar-refractivity contribution < 1.29 is 13.2 Å². The van der Waals surface area contributed by atoms with Gasteiger partial charge >= 0.3 is 0 Å². The third-order valence-electron chi connectivity index (χ3n) is 2.48. The van der Waals surface area contributed by atoms with Gasteiger partial charge in [0, 0.05) is 6.04 Å². The van der Waals surface area contributed by atoms with E-state index in [1.54, 1.807) is 13.8 Å². The highest BCUT2D eigenvalue weighted by Gasteiger charge is 2.28. The Hall–Kier alpha value is -0.620. The van der Waals surface area contributed by atoms with E-state index in [1.807, 2.05) is 0 Å². The van der Waals surface area contributed by atoms with Gasteiger partial charge < -0.3 is 11.1 Å². The molecule has 3 N–H and O–H groups in total. The topological polar surface area (TPSA) is 89.3 Å². The molecule has 0 aromatic carbocycles. The summed E-state index contributed by atoms with van der Waals surface area (Å²) in [6, 6.07) is -0.0520. The zero-order chi connectivity index (χ0) is 11.7. The Bertz CT molecular complexity index is 329. The van der Waals surface area contributed by atoms with Crippen LogP contribution in [0.4, 0.5) is 0 Å². The quantitative estimate of drug-likeness (QED) is 0.669. The van der Waals surface area contributed by atoms with Crippen LogP contribution in [0.25, 0.3) is 0 Å². The summed E-state index contributed by atoms with van der Waals surface area (Å²) in [6.45, 7) is 3.25. The van der Waals surface area contributed by atoms with E-state index >= 15 is 0 Å². The number of rotatable bonds is 2. The molecule has 0 aliphatic carbocycles. The average molecular weight is 234 g/mol. The maximum absolute atomic E-state index is 11.5. The first-order chi connectivity index (χ1) is 6.71. The van der Waals surface area contributed by atoms with Gasteiger partial charge in [-0.2, -0.15) is 0 Å². The zero-order valence-corrected chi connectivity index (χ0v) is 9.93. The predicted molar refractivity (Wildman–Crippen MR) is 58.1 cm³/mol. The zero-order valence-electron chi connectivity index (χ0n) is 9.12. The fourth-order valence-corrected chi connectivity index (χ4v) is 2.90. The van der Waals surface area contributed by atoms with Crippen LogP contribution in [0.15, 0.2) is 0 Å². The number of carbonyl (C=O) groups excluding carboxylic acids is 1. The van der Waals surface area contributed by atoms with Crippen molar-refractivity contribution >= 4 is 15.7 Å². The fourth-order valence-electron chi connectivity index (χ4n) is 1.41. The van der Waals surface area contributed by atoms with Gasteiger partial charge in [0.1, 0.15) is 9.84 Å². The molecule has 1 amide bonds. The number of nitrogens with one attached hydrogen (secondary N) is 1. The summed E-state index contributed by atoms with van der Waals surface area (Å²) in [4.78, 5) is 11.5. The third kappa shape index (κ3) is 3.79. The Morgan fingerprint density at radius 1 is 1.33 bits per heavy atom. The van der Waals surface area contributed by atoms with Crippen LogP contribution in [0.1, 0.15) is 26.7 Å². The number of amides is 1. The summed E-state index contributed by atoms with van der Waals surface area (Å²) < 4.78 is 22.3. The molecule has 1 aliphatic rings. The van der Waals surface area contributed by atoms with Crippen LogP contribution < -0.4 is 11.1 Å². The molecule has 1 saturated heterocycles. The fraction of sp³-hybridized carbons (Fsp3) is 0.889. The lowest BCUT2D eigenvalue weighted by Crippen LogP contribution is -2.53. The van der Waals surface area contributed by atoms with Crippen molar-refractivity contribution in [2.75, 3.05) is 11.5 Å². The van der Waals surface area contributed by atoms with E-state index in [1.165, 1.54) is 0 Å². The van der Waals surface area contributed by atoms with E-state index < -0.39 is 15.4 Å². The Morgan fingerprint density at radius 3 is 2.20 bits per heavy atom. The van der Waals surface area contributed by atoms with E-state index in [9.17, 15) is 13.2 Å². The maximum atomic E-state index is 11.5. The van der Waals surface area contributed by atoms with Gasteiger partial charge in [0.15, 0.2) is 0 Å². The van der Waals surface area contributed by atoms with Crippen molar-refractivity contribution in [1.82, 2.24) is 5.32 Å². The molecular formula is C9H18N2O3S. The van der Waals surface area contributed by atoms with Gasteiger partial charge in [-0.05, 0) is 26.7 Å². The first-order valence-electron chi connectivity index (χ1n) is 5.01. The van der Waals surface area contributed by atoms with E-state index in [0.717, 1.165) is 0 Å². The van der Waals surface area contributed by atoms with Crippen molar-refractivity contribution in [2.24, 2.45) is 5.73 Å². The molecule has 1 heterocycles. The van der Waals surface area contributed by atoms with Crippen LogP contribution in [0.3, 0.4) is 0 Å². The molecule has 0 aromatic rings. The second-order valence-electron chi connectivity index (χ2n) is 4.62. The molecule has 1 fully saturated rings. The Labute approximate surface area is 90.3 Å². The van der Waals surface area contributed by atoms with Crippen LogP contribution in [0.2, 0.25) is 0 Å². The molecule has 0 bridgehead atoms. The van der Waals surface area contributed by atoms with Gasteiger partial charge in [0.2, 0.25) is 5.91 Å². The van der Waals surface area contributed by atoms with E-state index in [2.05, 4.69) is 5.32 Å². The van der Waals surface area contributed by atoms with Crippen LogP contribution in [-0.4, -0.2) is 37.4 Å². The maximum Gasteiger partial charge on any atom is 0.239 e. The predicted octanol–water partition coefficient (Wildman–Crippen LogP) is -0.583. The van der Waals surface area contributed by atoms with Crippen molar-refractivity contribution in [2.45, 2.75) is 38.3 Å². The lowest BCUT2D eigenvalue weighted by molar-refractivity contribution is -0.126. The minimum atomic E-state index is -2.87. The lowest BCUT2D eigenvalue weighted by Gasteiger charge is -2.26. The molecule has 0 atom stereocenters. The summed E-state index contributed by atoms with van der Waals surface area (Å²) in [6.07, 6.45) is 0.980. The Morgan fingerprint density at radius 2 is 1.80 bits per heavy atom. The Kier molecular flexibility index (Phi) is 3.40. The van der Waals surface area contributed by atoms with E-state index in [0.29, 0.717) is 12.8 Å². The molecule has 6 heteroatoms. The summed E-state index contributed by atoms with van der Waals surface area (Å²) in [7, 11) is -2.87. The highest BCUT2D eigenvalue weighted by atomic mass is 32.2. The van der Waals surface area contributed by atoms with Crippen LogP contribution in [-0.2, 0) is 14.6 Å². The molecule has 5 nitrogen and oxygen atoms in total. The van der Waals surface area contributed by atoms with Crippen molar-refractivity contribution in [3.63, 3.8) is 0 Å². The minimum absolute atomic E-state index is 0.0520. The second kappa shape index (κ2) is 4.09. The number of hydrogen-bond donors (Lipinski definition) is 2. The largest absolute Gasteiger partial charge is 0.352 e. The normalized spacial score (nSPS) is 22.3. The third-order valence-corrected chi connectivity index (χ3v) is 4.19. The molecule has 88 valence electrons. The number of nitrogens with two attached hydrogens (primary N) is 1. The van der Waals surface area contributed by atoms with Gasteiger partial charge in [-0.1, -0.05) is 0 Å². The summed E-state index contributed by atoms with van der Waals surface area (Å²) in [5, 5.41) is 2.77. The smallest absolute Gasteiger partial charge is 0.239 e. The summed E-state index contributed by atoms with van der Waals surface area (Å²) in [5.74, 6) is 0.0816. The van der Waals surface area contributed by atoms with Crippen LogP contribution >= 0.6 is 0 Å². The molecular weight excluding hydrogens is 216 g/mol. The Balaban J connectivity index is 2.47. The molecule has 0 aromatic heterocycles. The van der Waals surface area contributed by atoms with Crippen molar-refractivity contribution in [1.29, 1.82) is 0 Å². The van der Waals surface area contributed by atoms with Gasteiger partial charge in [-0.15, -0.1) is 0 Å². The van der Waals surface area contributed by atoms with Crippen molar-refractivity contribution in [3.05, 3.63) is 0 Å². The van der Waals surface area contributed by atoms with Crippen LogP contribution in [0, 0.1) is 0 Å². The summed E-state index contributed by atoms with van der Waals surface area (Å²) >= 11 is 0. The molecule has 1 rings (SSSR count). The van der Waals surface area contributed by atoms with Crippen molar-refractivity contribution in [3.8, 4) is 0 Å². The molecule has 0 saturated carbocycles. The van der Waals surface area contributed by atoms with E-state index in [-0.39, 0.29) is 23.5 Å².